The SMILES string of the molecule is CCOC(=O)CC[NH2+]c1ccc(CC)cc1. The van der Waals surface area contributed by atoms with E-state index in [1.165, 1.54) is 11.3 Å². The van der Waals surface area contributed by atoms with Gasteiger partial charge in [-0.25, -0.2) is 0 Å². The number of hydrogen-bond donors (Lipinski definition) is 1. The standard InChI is InChI=1S/C13H19NO2/c1-3-11-5-7-12(8-6-11)14-10-9-13(15)16-4-2/h5-8,14H,3-4,9-10H2,1-2H3/p+1. The Bertz CT molecular complexity index is 319. The van der Waals surface area contributed by atoms with Crippen molar-refractivity contribution >= 4 is 11.7 Å². The average Bonchev–Trinajstić information content (AvgIpc) is 2.30. The molecular weight excluding hydrogens is 202 g/mol. The number of esters is 1. The summed E-state index contributed by atoms with van der Waals surface area (Å²) in [6, 6.07) is 8.42. The maximum absolute atomic E-state index is 11.1. The molecule has 0 unspecified atom stereocenters. The van der Waals surface area contributed by atoms with Crippen molar-refractivity contribution in [3.05, 3.63) is 29.8 Å². The highest BCUT2D eigenvalue weighted by Gasteiger charge is 2.03. The van der Waals surface area contributed by atoms with Crippen LogP contribution in [0, 0.1) is 0 Å². The van der Waals surface area contributed by atoms with Gasteiger partial charge in [0.2, 0.25) is 0 Å². The minimum Gasteiger partial charge on any atom is -0.466 e. The number of hydrogen-bond acceptors (Lipinski definition) is 2. The van der Waals surface area contributed by atoms with E-state index >= 15 is 0 Å². The molecule has 2 N–H and O–H groups in total. The lowest BCUT2D eigenvalue weighted by molar-refractivity contribution is -0.570. The molecule has 0 spiro atoms. The van der Waals surface area contributed by atoms with Crippen LogP contribution in [-0.2, 0) is 16.0 Å². The van der Waals surface area contributed by atoms with Gasteiger partial charge in [-0.05, 0) is 31.0 Å². The first kappa shape index (κ1) is 12.7. The summed E-state index contributed by atoms with van der Waals surface area (Å²) in [5, 5.41) is 2.07. The molecule has 0 aliphatic carbocycles. The van der Waals surface area contributed by atoms with Crippen molar-refractivity contribution in [2.45, 2.75) is 26.7 Å². The molecule has 0 atom stereocenters. The van der Waals surface area contributed by atoms with Crippen LogP contribution in [0.15, 0.2) is 24.3 Å². The number of ether oxygens (including phenoxy) is 1. The van der Waals surface area contributed by atoms with Crippen LogP contribution in [-0.4, -0.2) is 19.1 Å². The fourth-order valence-electron chi connectivity index (χ4n) is 1.48. The lowest BCUT2D eigenvalue weighted by atomic mass is 10.1. The molecule has 0 saturated heterocycles. The fourth-order valence-corrected chi connectivity index (χ4v) is 1.48. The molecule has 0 heterocycles. The molecule has 0 amide bonds. The molecule has 0 fully saturated rings. The topological polar surface area (TPSA) is 42.9 Å². The molecule has 0 radical (unpaired) electrons. The van der Waals surface area contributed by atoms with E-state index in [0.29, 0.717) is 13.0 Å². The molecule has 0 aliphatic rings. The van der Waals surface area contributed by atoms with Crippen LogP contribution in [0.4, 0.5) is 5.69 Å². The maximum Gasteiger partial charge on any atom is 0.311 e. The summed E-state index contributed by atoms with van der Waals surface area (Å²) in [7, 11) is 0. The zero-order valence-corrected chi connectivity index (χ0v) is 10.0. The smallest absolute Gasteiger partial charge is 0.311 e. The molecule has 0 aromatic heterocycles. The van der Waals surface area contributed by atoms with E-state index in [2.05, 4.69) is 36.5 Å². The van der Waals surface area contributed by atoms with E-state index in [-0.39, 0.29) is 5.97 Å². The number of benzene rings is 1. The van der Waals surface area contributed by atoms with E-state index in [4.69, 9.17) is 4.74 Å². The highest BCUT2D eigenvalue weighted by Crippen LogP contribution is 2.04. The predicted molar refractivity (Wildman–Crippen MR) is 63.5 cm³/mol. The third-order valence-electron chi connectivity index (χ3n) is 2.42. The Kier molecular flexibility index (Phi) is 5.57. The average molecular weight is 222 g/mol. The molecule has 1 aromatic carbocycles. The van der Waals surface area contributed by atoms with E-state index < -0.39 is 0 Å². The van der Waals surface area contributed by atoms with Crippen LogP contribution < -0.4 is 5.32 Å². The summed E-state index contributed by atoms with van der Waals surface area (Å²) in [5.74, 6) is -0.121. The molecule has 0 bridgehead atoms. The van der Waals surface area contributed by atoms with Crippen molar-refractivity contribution in [2.24, 2.45) is 0 Å². The predicted octanol–water partition coefficient (Wildman–Crippen LogP) is 1.40. The van der Waals surface area contributed by atoms with Gasteiger partial charge in [0, 0.05) is 0 Å². The molecule has 3 nitrogen and oxygen atoms in total. The Morgan fingerprint density at radius 3 is 2.50 bits per heavy atom. The van der Waals surface area contributed by atoms with Crippen LogP contribution in [0.5, 0.6) is 0 Å². The lowest BCUT2D eigenvalue weighted by Crippen LogP contribution is -2.78. The van der Waals surface area contributed by atoms with Crippen molar-refractivity contribution in [2.75, 3.05) is 13.2 Å². The molecule has 0 saturated carbocycles. The van der Waals surface area contributed by atoms with Crippen molar-refractivity contribution in [1.82, 2.24) is 0 Å². The molecular formula is C13H20NO2+. The summed E-state index contributed by atoms with van der Waals surface area (Å²) in [6.45, 7) is 5.17. The molecule has 1 rings (SSSR count). The van der Waals surface area contributed by atoms with Crippen LogP contribution in [0.3, 0.4) is 0 Å². The van der Waals surface area contributed by atoms with Gasteiger partial charge in [-0.15, -0.1) is 0 Å². The second kappa shape index (κ2) is 7.01. The zero-order chi connectivity index (χ0) is 11.8. The van der Waals surface area contributed by atoms with Crippen LogP contribution >= 0.6 is 0 Å². The molecule has 88 valence electrons. The van der Waals surface area contributed by atoms with Gasteiger partial charge in [-0.1, -0.05) is 19.1 Å². The minimum atomic E-state index is -0.121. The second-order valence-corrected chi connectivity index (χ2v) is 3.64. The number of nitrogens with two attached hydrogens (primary N) is 1. The number of rotatable bonds is 6. The Labute approximate surface area is 96.8 Å². The number of aryl methyl sites for hydroxylation is 1. The van der Waals surface area contributed by atoms with Crippen LogP contribution in [0.25, 0.3) is 0 Å². The van der Waals surface area contributed by atoms with Gasteiger partial charge in [-0.2, -0.15) is 0 Å². The normalized spacial score (nSPS) is 10.1. The zero-order valence-electron chi connectivity index (χ0n) is 10.0. The van der Waals surface area contributed by atoms with Gasteiger partial charge in [0.25, 0.3) is 0 Å². The summed E-state index contributed by atoms with van der Waals surface area (Å²) in [6.07, 6.45) is 1.52. The lowest BCUT2D eigenvalue weighted by Gasteiger charge is -2.02. The van der Waals surface area contributed by atoms with Crippen LogP contribution in [0.2, 0.25) is 0 Å². The first-order valence-corrected chi connectivity index (χ1v) is 5.84. The van der Waals surface area contributed by atoms with Crippen molar-refractivity contribution in [3.8, 4) is 0 Å². The molecule has 16 heavy (non-hydrogen) atoms. The Morgan fingerprint density at radius 2 is 1.94 bits per heavy atom. The third kappa shape index (κ3) is 4.45. The number of carbonyl (C=O) groups excluding carboxylic acids is 1. The monoisotopic (exact) mass is 222 g/mol. The maximum atomic E-state index is 11.1. The summed E-state index contributed by atoms with van der Waals surface area (Å²) in [4.78, 5) is 11.1. The van der Waals surface area contributed by atoms with Crippen LogP contribution in [0.1, 0.15) is 25.8 Å². The van der Waals surface area contributed by atoms with Gasteiger partial charge >= 0.3 is 5.97 Å². The summed E-state index contributed by atoms with van der Waals surface area (Å²) in [5.41, 5.74) is 2.50. The highest BCUT2D eigenvalue weighted by atomic mass is 16.5. The molecule has 3 heteroatoms. The van der Waals surface area contributed by atoms with Crippen molar-refractivity contribution in [1.29, 1.82) is 0 Å². The van der Waals surface area contributed by atoms with Gasteiger partial charge in [0.1, 0.15) is 5.69 Å². The number of quaternary nitrogens is 1. The Balaban J connectivity index is 2.29. The minimum absolute atomic E-state index is 0.121. The van der Waals surface area contributed by atoms with Gasteiger partial charge in [-0.3, -0.25) is 4.79 Å². The fraction of sp³-hybridized carbons (Fsp3) is 0.462. The van der Waals surface area contributed by atoms with Crippen molar-refractivity contribution in [3.63, 3.8) is 0 Å². The molecule has 0 aliphatic heterocycles. The van der Waals surface area contributed by atoms with E-state index in [1.807, 2.05) is 6.92 Å². The quantitative estimate of drug-likeness (QED) is 0.584. The van der Waals surface area contributed by atoms with Gasteiger partial charge < -0.3 is 10.1 Å². The van der Waals surface area contributed by atoms with Gasteiger partial charge in [0.05, 0.1) is 19.6 Å². The highest BCUT2D eigenvalue weighted by molar-refractivity contribution is 5.69. The third-order valence-corrected chi connectivity index (χ3v) is 2.42. The number of carbonyl (C=O) groups is 1. The van der Waals surface area contributed by atoms with E-state index in [0.717, 1.165) is 13.0 Å². The second-order valence-electron chi connectivity index (χ2n) is 3.64. The first-order valence-electron chi connectivity index (χ1n) is 5.84. The Morgan fingerprint density at radius 1 is 1.25 bits per heavy atom. The van der Waals surface area contributed by atoms with Crippen molar-refractivity contribution < 1.29 is 14.8 Å². The molecule has 1 aromatic rings. The van der Waals surface area contributed by atoms with E-state index in [9.17, 15) is 4.79 Å². The van der Waals surface area contributed by atoms with E-state index in [1.54, 1.807) is 0 Å². The first-order chi connectivity index (χ1) is 7.76. The van der Waals surface area contributed by atoms with Gasteiger partial charge in [0.15, 0.2) is 0 Å². The largest absolute Gasteiger partial charge is 0.466 e. The Hall–Kier alpha value is -1.35. The summed E-state index contributed by atoms with van der Waals surface area (Å²) >= 11 is 0. The summed E-state index contributed by atoms with van der Waals surface area (Å²) < 4.78 is 4.86.